The Hall–Kier alpha value is -0.940. The van der Waals surface area contributed by atoms with Gasteiger partial charge in [0.1, 0.15) is 6.61 Å². The summed E-state index contributed by atoms with van der Waals surface area (Å²) >= 11 is 0. The first-order valence-electron chi connectivity index (χ1n) is 5.01. The van der Waals surface area contributed by atoms with E-state index in [1.807, 2.05) is 0 Å². The van der Waals surface area contributed by atoms with E-state index in [9.17, 15) is 4.79 Å². The third kappa shape index (κ3) is 2.52. The van der Waals surface area contributed by atoms with E-state index in [2.05, 4.69) is 15.2 Å². The Kier molecular flexibility index (Phi) is 3.10. The number of cyclic esters (lactones) is 1. The highest BCUT2D eigenvalue weighted by molar-refractivity contribution is 5.98. The van der Waals surface area contributed by atoms with Crippen molar-refractivity contribution in [3.8, 4) is 0 Å². The van der Waals surface area contributed by atoms with E-state index in [-0.39, 0.29) is 0 Å². The molecule has 0 unspecified atom stereocenters. The SMILES string of the molecule is O=C1N=C(CCN2CCNCC2)CO1. The third-order valence-electron chi connectivity index (χ3n) is 2.54. The number of nitrogens with one attached hydrogen (secondary N) is 1. The van der Waals surface area contributed by atoms with Crippen molar-refractivity contribution in [3.05, 3.63) is 0 Å². The summed E-state index contributed by atoms with van der Waals surface area (Å²) in [6.45, 7) is 5.66. The van der Waals surface area contributed by atoms with Gasteiger partial charge >= 0.3 is 6.09 Å². The quantitative estimate of drug-likeness (QED) is 0.685. The Bertz CT molecular complexity index is 246. The van der Waals surface area contributed by atoms with E-state index in [1.54, 1.807) is 0 Å². The predicted molar refractivity (Wildman–Crippen MR) is 52.7 cm³/mol. The first-order chi connectivity index (χ1) is 6.84. The number of carbonyl (C=O) groups is 1. The maximum atomic E-state index is 10.7. The van der Waals surface area contributed by atoms with Crippen LogP contribution in [0.25, 0.3) is 0 Å². The fraction of sp³-hybridized carbons (Fsp3) is 0.778. The van der Waals surface area contributed by atoms with Crippen molar-refractivity contribution in [3.63, 3.8) is 0 Å². The molecule has 0 bridgehead atoms. The van der Waals surface area contributed by atoms with Crippen molar-refractivity contribution in [1.82, 2.24) is 10.2 Å². The maximum absolute atomic E-state index is 10.7. The van der Waals surface area contributed by atoms with Crippen LogP contribution in [0.15, 0.2) is 4.99 Å². The molecule has 78 valence electrons. The highest BCUT2D eigenvalue weighted by Crippen LogP contribution is 2.03. The number of piperazine rings is 1. The number of hydrogen-bond acceptors (Lipinski definition) is 4. The second-order valence-corrected chi connectivity index (χ2v) is 3.57. The summed E-state index contributed by atoms with van der Waals surface area (Å²) < 4.78 is 4.73. The van der Waals surface area contributed by atoms with Gasteiger partial charge in [0.05, 0.1) is 5.71 Å². The summed E-state index contributed by atoms with van der Waals surface area (Å²) in [6.07, 6.45) is 0.423. The largest absolute Gasteiger partial charge is 0.442 e. The molecule has 2 aliphatic heterocycles. The number of hydrogen-bond donors (Lipinski definition) is 1. The minimum Gasteiger partial charge on any atom is -0.442 e. The number of carbonyl (C=O) groups excluding carboxylic acids is 1. The Morgan fingerprint density at radius 3 is 2.86 bits per heavy atom. The number of aliphatic imine (C=N–C) groups is 1. The first kappa shape index (κ1) is 9.61. The van der Waals surface area contributed by atoms with E-state index < -0.39 is 6.09 Å². The molecular weight excluding hydrogens is 182 g/mol. The van der Waals surface area contributed by atoms with Crippen molar-refractivity contribution < 1.29 is 9.53 Å². The van der Waals surface area contributed by atoms with Gasteiger partial charge in [-0.05, 0) is 0 Å². The van der Waals surface area contributed by atoms with Crippen LogP contribution in [0.4, 0.5) is 4.79 Å². The van der Waals surface area contributed by atoms with Gasteiger partial charge in [0, 0.05) is 39.1 Å². The van der Waals surface area contributed by atoms with Gasteiger partial charge in [-0.15, -0.1) is 0 Å². The van der Waals surface area contributed by atoms with Crippen molar-refractivity contribution in [2.75, 3.05) is 39.3 Å². The molecule has 14 heavy (non-hydrogen) atoms. The zero-order valence-corrected chi connectivity index (χ0v) is 8.16. The summed E-state index contributed by atoms with van der Waals surface area (Å²) in [6, 6.07) is 0. The van der Waals surface area contributed by atoms with Gasteiger partial charge in [0.25, 0.3) is 0 Å². The number of nitrogens with zero attached hydrogens (tertiary/aromatic N) is 2. The van der Waals surface area contributed by atoms with Crippen LogP contribution < -0.4 is 5.32 Å². The van der Waals surface area contributed by atoms with Crippen molar-refractivity contribution in [1.29, 1.82) is 0 Å². The molecule has 1 saturated heterocycles. The van der Waals surface area contributed by atoms with E-state index in [0.29, 0.717) is 6.61 Å². The molecule has 0 radical (unpaired) electrons. The Morgan fingerprint density at radius 1 is 1.43 bits per heavy atom. The number of ether oxygens (including phenoxy) is 1. The number of rotatable bonds is 3. The van der Waals surface area contributed by atoms with E-state index in [1.165, 1.54) is 0 Å². The summed E-state index contributed by atoms with van der Waals surface area (Å²) in [7, 11) is 0. The highest BCUT2D eigenvalue weighted by atomic mass is 16.6. The molecular formula is C9H15N3O2. The molecule has 0 atom stereocenters. The highest BCUT2D eigenvalue weighted by Gasteiger charge is 2.16. The third-order valence-corrected chi connectivity index (χ3v) is 2.54. The Labute approximate surface area is 83.1 Å². The van der Waals surface area contributed by atoms with Crippen LogP contribution in [-0.4, -0.2) is 56.0 Å². The van der Waals surface area contributed by atoms with Crippen molar-refractivity contribution in [2.45, 2.75) is 6.42 Å². The monoisotopic (exact) mass is 197 g/mol. The van der Waals surface area contributed by atoms with E-state index >= 15 is 0 Å². The van der Waals surface area contributed by atoms with Crippen molar-refractivity contribution >= 4 is 11.8 Å². The summed E-state index contributed by atoms with van der Waals surface area (Å²) in [5, 5.41) is 3.30. The maximum Gasteiger partial charge on any atom is 0.433 e. The average molecular weight is 197 g/mol. The average Bonchev–Trinajstić information content (AvgIpc) is 2.63. The van der Waals surface area contributed by atoms with Crippen LogP contribution in [0.3, 0.4) is 0 Å². The second-order valence-electron chi connectivity index (χ2n) is 3.57. The first-order valence-corrected chi connectivity index (χ1v) is 5.01. The topological polar surface area (TPSA) is 53.9 Å². The van der Waals surface area contributed by atoms with Crippen LogP contribution in [0.5, 0.6) is 0 Å². The summed E-state index contributed by atoms with van der Waals surface area (Å²) in [4.78, 5) is 16.8. The van der Waals surface area contributed by atoms with Gasteiger partial charge in [0.2, 0.25) is 0 Å². The van der Waals surface area contributed by atoms with E-state index in [0.717, 1.165) is 44.9 Å². The number of amides is 1. The smallest absolute Gasteiger partial charge is 0.433 e. The molecule has 0 aliphatic carbocycles. The lowest BCUT2D eigenvalue weighted by molar-refractivity contribution is 0.180. The zero-order chi connectivity index (χ0) is 9.80. The molecule has 1 N–H and O–H groups in total. The molecule has 2 heterocycles. The van der Waals surface area contributed by atoms with Crippen LogP contribution in [0.1, 0.15) is 6.42 Å². The zero-order valence-electron chi connectivity index (χ0n) is 8.16. The van der Waals surface area contributed by atoms with Gasteiger partial charge in [-0.25, -0.2) is 4.79 Å². The Morgan fingerprint density at radius 2 is 2.21 bits per heavy atom. The lowest BCUT2D eigenvalue weighted by Crippen LogP contribution is -2.44. The molecule has 1 amide bonds. The van der Waals surface area contributed by atoms with E-state index in [4.69, 9.17) is 4.74 Å². The molecule has 0 aromatic rings. The molecule has 0 spiro atoms. The molecule has 5 nitrogen and oxygen atoms in total. The summed E-state index contributed by atoms with van der Waals surface area (Å²) in [5.74, 6) is 0. The van der Waals surface area contributed by atoms with Gasteiger partial charge in [0.15, 0.2) is 0 Å². The molecule has 5 heteroatoms. The molecule has 1 fully saturated rings. The van der Waals surface area contributed by atoms with Gasteiger partial charge in [-0.1, -0.05) is 0 Å². The minimum absolute atomic E-state index is 0.394. The molecule has 0 aromatic carbocycles. The van der Waals surface area contributed by atoms with Gasteiger partial charge in [-0.3, -0.25) is 0 Å². The van der Waals surface area contributed by atoms with Gasteiger partial charge < -0.3 is 15.0 Å². The minimum atomic E-state index is -0.430. The lowest BCUT2D eigenvalue weighted by atomic mass is 10.2. The van der Waals surface area contributed by atoms with Crippen molar-refractivity contribution in [2.24, 2.45) is 4.99 Å². The Balaban J connectivity index is 1.71. The normalized spacial score (nSPS) is 23.4. The van der Waals surface area contributed by atoms with Crippen LogP contribution in [0, 0.1) is 0 Å². The fourth-order valence-electron chi connectivity index (χ4n) is 1.69. The predicted octanol–water partition coefficient (Wildman–Crippen LogP) is -0.127. The second kappa shape index (κ2) is 4.52. The molecule has 0 aromatic heterocycles. The molecule has 2 aliphatic rings. The summed E-state index contributed by atoms with van der Waals surface area (Å²) in [5.41, 5.74) is 0.883. The molecule has 0 saturated carbocycles. The van der Waals surface area contributed by atoms with Crippen LogP contribution >= 0.6 is 0 Å². The standard InChI is InChI=1S/C9H15N3O2/c13-9-11-8(7-14-9)1-4-12-5-2-10-3-6-12/h10H,1-7H2. The lowest BCUT2D eigenvalue weighted by Gasteiger charge is -2.26. The van der Waals surface area contributed by atoms with Crippen LogP contribution in [-0.2, 0) is 4.74 Å². The van der Waals surface area contributed by atoms with Crippen LogP contribution in [0.2, 0.25) is 0 Å². The van der Waals surface area contributed by atoms with Gasteiger partial charge in [-0.2, -0.15) is 4.99 Å². The fourth-order valence-corrected chi connectivity index (χ4v) is 1.69. The molecule has 2 rings (SSSR count).